The maximum absolute atomic E-state index is 13.3. The van der Waals surface area contributed by atoms with Gasteiger partial charge >= 0.3 is 0 Å². The first kappa shape index (κ1) is 16.8. The zero-order valence-electron chi connectivity index (χ0n) is 14.5. The van der Waals surface area contributed by atoms with E-state index < -0.39 is 6.10 Å². The molecule has 8 heteroatoms. The molecule has 3 heterocycles. The lowest BCUT2D eigenvalue weighted by atomic mass is 10.1. The molecule has 0 unspecified atom stereocenters. The smallest absolute Gasteiger partial charge is 0.270 e. The number of rotatable bonds is 3. The number of thiazole rings is 1. The van der Waals surface area contributed by atoms with E-state index in [4.69, 9.17) is 9.47 Å². The molecular weight excluding hydrogens is 381 g/mol. The third kappa shape index (κ3) is 2.87. The molecule has 0 aliphatic carbocycles. The van der Waals surface area contributed by atoms with E-state index in [9.17, 15) is 9.18 Å². The van der Waals surface area contributed by atoms with Gasteiger partial charge in [-0.1, -0.05) is 12.1 Å². The van der Waals surface area contributed by atoms with Crippen LogP contribution in [-0.4, -0.2) is 28.0 Å². The number of carbonyl (C=O) groups is 1. The number of nitrogens with one attached hydrogen (secondary N) is 1. The molecule has 1 N–H and O–H groups in total. The summed E-state index contributed by atoms with van der Waals surface area (Å²) in [5, 5.41) is 4.78. The minimum Gasteiger partial charge on any atom is -0.485 e. The normalized spacial score (nSPS) is 15.5. The van der Waals surface area contributed by atoms with Crippen LogP contribution in [0.3, 0.4) is 0 Å². The van der Waals surface area contributed by atoms with E-state index in [-0.39, 0.29) is 18.3 Å². The average molecular weight is 395 g/mol. The fourth-order valence-corrected chi connectivity index (χ4v) is 3.77. The molecule has 2 aromatic heterocycles. The van der Waals surface area contributed by atoms with Crippen LogP contribution in [0.4, 0.5) is 10.2 Å². The van der Waals surface area contributed by atoms with Crippen LogP contribution in [0.5, 0.6) is 11.5 Å². The van der Waals surface area contributed by atoms with E-state index in [1.807, 2.05) is 23.7 Å². The lowest BCUT2D eigenvalue weighted by Gasteiger charge is -2.25. The number of halogens is 1. The van der Waals surface area contributed by atoms with E-state index in [2.05, 4.69) is 10.3 Å². The number of amides is 1. The number of nitrogens with zero attached hydrogens (tertiary/aromatic N) is 2. The fraction of sp³-hybridized carbons (Fsp3) is 0.100. The van der Waals surface area contributed by atoms with Crippen LogP contribution < -0.4 is 14.8 Å². The van der Waals surface area contributed by atoms with Crippen LogP contribution in [0.15, 0.2) is 60.1 Å². The number of hydrogen-bond donors (Lipinski definition) is 1. The van der Waals surface area contributed by atoms with Gasteiger partial charge in [-0.25, -0.2) is 9.37 Å². The molecule has 0 bridgehead atoms. The molecule has 1 amide bonds. The molecule has 0 saturated carbocycles. The fourth-order valence-electron chi connectivity index (χ4n) is 3.06. The van der Waals surface area contributed by atoms with Gasteiger partial charge in [0, 0.05) is 17.1 Å². The maximum atomic E-state index is 13.3. The zero-order chi connectivity index (χ0) is 19.1. The van der Waals surface area contributed by atoms with Crippen molar-refractivity contribution in [2.24, 2.45) is 0 Å². The second kappa shape index (κ2) is 6.65. The summed E-state index contributed by atoms with van der Waals surface area (Å²) in [5.41, 5.74) is 1.27. The molecular formula is C20H14FN3O3S. The molecule has 2 aromatic carbocycles. The van der Waals surface area contributed by atoms with Crippen LogP contribution >= 0.6 is 11.3 Å². The first-order chi connectivity index (χ1) is 13.7. The molecule has 28 heavy (non-hydrogen) atoms. The van der Waals surface area contributed by atoms with Gasteiger partial charge in [-0.15, -0.1) is 11.3 Å². The standard InChI is InChI=1S/C20H14FN3O3S/c21-13-7-5-12(6-8-13)17-18(24-9-10-28-20(24)22-17)23-19(25)16-11-26-14-3-1-2-4-15(14)27-16/h1-10,16H,11H2,(H,23,25)/t16-/m0/s1. The molecule has 0 fully saturated rings. The molecule has 0 spiro atoms. The Morgan fingerprint density at radius 2 is 1.96 bits per heavy atom. The Kier molecular flexibility index (Phi) is 3.98. The van der Waals surface area contributed by atoms with Crippen LogP contribution in [0, 0.1) is 5.82 Å². The summed E-state index contributed by atoms with van der Waals surface area (Å²) in [6.45, 7) is 0.111. The number of hydrogen-bond acceptors (Lipinski definition) is 5. The molecule has 1 aliphatic rings. The number of aromatic nitrogens is 2. The van der Waals surface area contributed by atoms with Gasteiger partial charge in [-0.05, 0) is 36.4 Å². The molecule has 1 aliphatic heterocycles. The minimum atomic E-state index is -0.792. The third-order valence-electron chi connectivity index (χ3n) is 4.42. The van der Waals surface area contributed by atoms with E-state index in [1.54, 1.807) is 28.7 Å². The molecule has 4 aromatic rings. The van der Waals surface area contributed by atoms with Crippen molar-refractivity contribution < 1.29 is 18.7 Å². The zero-order valence-corrected chi connectivity index (χ0v) is 15.3. The summed E-state index contributed by atoms with van der Waals surface area (Å²) in [4.78, 5) is 18.2. The van der Waals surface area contributed by atoms with Crippen molar-refractivity contribution in [1.29, 1.82) is 0 Å². The lowest BCUT2D eigenvalue weighted by molar-refractivity contribution is -0.125. The van der Waals surface area contributed by atoms with Gasteiger partial charge < -0.3 is 14.8 Å². The second-order valence-electron chi connectivity index (χ2n) is 6.22. The van der Waals surface area contributed by atoms with Gasteiger partial charge in [0.1, 0.15) is 23.9 Å². The molecule has 0 radical (unpaired) electrons. The van der Waals surface area contributed by atoms with Crippen LogP contribution in [-0.2, 0) is 4.79 Å². The first-order valence-corrected chi connectivity index (χ1v) is 9.48. The van der Waals surface area contributed by atoms with E-state index >= 15 is 0 Å². The Balaban J connectivity index is 1.46. The largest absolute Gasteiger partial charge is 0.485 e. The monoisotopic (exact) mass is 395 g/mol. The molecule has 1 atom stereocenters. The predicted octanol–water partition coefficient (Wildman–Crippen LogP) is 3.98. The third-order valence-corrected chi connectivity index (χ3v) is 5.18. The Labute approximate surface area is 163 Å². The minimum absolute atomic E-state index is 0.111. The Bertz CT molecular complexity index is 1170. The first-order valence-electron chi connectivity index (χ1n) is 8.60. The van der Waals surface area contributed by atoms with Crippen molar-refractivity contribution in [3.63, 3.8) is 0 Å². The van der Waals surface area contributed by atoms with Crippen molar-refractivity contribution in [3.05, 3.63) is 65.9 Å². The van der Waals surface area contributed by atoms with Crippen LogP contribution in [0.1, 0.15) is 0 Å². The highest BCUT2D eigenvalue weighted by Crippen LogP contribution is 2.33. The summed E-state index contributed by atoms with van der Waals surface area (Å²) in [7, 11) is 0. The highest BCUT2D eigenvalue weighted by atomic mass is 32.1. The van der Waals surface area contributed by atoms with Crippen LogP contribution in [0.2, 0.25) is 0 Å². The Hall–Kier alpha value is -3.39. The summed E-state index contributed by atoms with van der Waals surface area (Å²) in [6, 6.07) is 13.2. The van der Waals surface area contributed by atoms with Gasteiger partial charge in [0.15, 0.2) is 16.5 Å². The topological polar surface area (TPSA) is 64.9 Å². The molecule has 0 saturated heterocycles. The number of imidazole rings is 1. The highest BCUT2D eigenvalue weighted by Gasteiger charge is 2.29. The molecule has 140 valence electrons. The summed E-state index contributed by atoms with van der Waals surface area (Å²) < 4.78 is 26.5. The van der Waals surface area contributed by atoms with Gasteiger partial charge in [0.05, 0.1) is 0 Å². The van der Waals surface area contributed by atoms with Gasteiger partial charge in [-0.2, -0.15) is 0 Å². The number of benzene rings is 2. The van der Waals surface area contributed by atoms with Gasteiger partial charge in [0.25, 0.3) is 5.91 Å². The summed E-state index contributed by atoms with van der Waals surface area (Å²) >= 11 is 1.44. The average Bonchev–Trinajstić information content (AvgIpc) is 3.31. The second-order valence-corrected chi connectivity index (χ2v) is 7.10. The number of carbonyl (C=O) groups excluding carboxylic acids is 1. The van der Waals surface area contributed by atoms with Crippen molar-refractivity contribution in [1.82, 2.24) is 9.38 Å². The lowest BCUT2D eigenvalue weighted by Crippen LogP contribution is -2.40. The Morgan fingerprint density at radius 3 is 2.79 bits per heavy atom. The number of anilines is 1. The van der Waals surface area contributed by atoms with E-state index in [0.29, 0.717) is 28.6 Å². The SMILES string of the molecule is O=C(Nc1c(-c2ccc(F)cc2)nc2sccn12)[C@@H]1COc2ccccc2O1. The summed E-state index contributed by atoms with van der Waals surface area (Å²) in [5.74, 6) is 0.979. The van der Waals surface area contributed by atoms with Crippen LogP contribution in [0.25, 0.3) is 16.2 Å². The molecule has 5 rings (SSSR count). The number of para-hydroxylation sites is 2. The quantitative estimate of drug-likeness (QED) is 0.570. The van der Waals surface area contributed by atoms with E-state index in [1.165, 1.54) is 23.5 Å². The highest BCUT2D eigenvalue weighted by molar-refractivity contribution is 7.15. The van der Waals surface area contributed by atoms with Crippen molar-refractivity contribution >= 4 is 28.0 Å². The van der Waals surface area contributed by atoms with Crippen molar-refractivity contribution in [2.45, 2.75) is 6.10 Å². The van der Waals surface area contributed by atoms with Crippen molar-refractivity contribution in [2.75, 3.05) is 11.9 Å². The number of ether oxygens (including phenoxy) is 2. The van der Waals surface area contributed by atoms with Gasteiger partial charge in [-0.3, -0.25) is 9.20 Å². The Morgan fingerprint density at radius 1 is 1.18 bits per heavy atom. The maximum Gasteiger partial charge on any atom is 0.270 e. The van der Waals surface area contributed by atoms with E-state index in [0.717, 1.165) is 4.96 Å². The van der Waals surface area contributed by atoms with Crippen molar-refractivity contribution in [3.8, 4) is 22.8 Å². The molecule has 6 nitrogen and oxygen atoms in total. The predicted molar refractivity (Wildman–Crippen MR) is 103 cm³/mol. The van der Waals surface area contributed by atoms with Gasteiger partial charge in [0.2, 0.25) is 6.10 Å². The summed E-state index contributed by atoms with van der Waals surface area (Å²) in [6.07, 6.45) is 1.03. The number of fused-ring (bicyclic) bond motifs is 2.